The van der Waals surface area contributed by atoms with E-state index < -0.39 is 11.9 Å². The highest BCUT2D eigenvalue weighted by Gasteiger charge is 2.29. The minimum atomic E-state index is -0.609. The molecule has 1 aliphatic carbocycles. The van der Waals surface area contributed by atoms with Crippen molar-refractivity contribution in [2.45, 2.75) is 25.5 Å². The molecular formula is C29H30FN3O2. The molecule has 1 fully saturated rings. The van der Waals surface area contributed by atoms with Crippen LogP contribution in [0.25, 0.3) is 11.3 Å². The number of rotatable bonds is 10. The molecule has 1 heterocycles. The van der Waals surface area contributed by atoms with E-state index in [2.05, 4.69) is 4.90 Å². The lowest BCUT2D eigenvalue weighted by Crippen LogP contribution is -2.30. The largest absolute Gasteiger partial charge is 0.436 e. The Morgan fingerprint density at radius 1 is 1.00 bits per heavy atom. The molecule has 35 heavy (non-hydrogen) atoms. The molecule has 0 bridgehead atoms. The van der Waals surface area contributed by atoms with E-state index in [1.807, 2.05) is 67.7 Å². The predicted octanol–water partition coefficient (Wildman–Crippen LogP) is 5.96. The number of hydrogen-bond donors (Lipinski definition) is 1. The number of nitrogens with zero attached hydrogens (tertiary/aromatic N) is 3. The lowest BCUT2D eigenvalue weighted by atomic mass is 10.1. The number of aryl methyl sites for hydroxylation is 1. The second-order valence-corrected chi connectivity index (χ2v) is 9.22. The van der Waals surface area contributed by atoms with Gasteiger partial charge in [0.05, 0.1) is 11.7 Å². The van der Waals surface area contributed by atoms with E-state index >= 15 is 0 Å². The van der Waals surface area contributed by atoms with Gasteiger partial charge in [-0.1, -0.05) is 72.8 Å². The van der Waals surface area contributed by atoms with Gasteiger partial charge in [0.2, 0.25) is 5.88 Å². The third-order valence-electron chi connectivity index (χ3n) is 6.39. The summed E-state index contributed by atoms with van der Waals surface area (Å²) in [6.07, 6.45) is 1.80. The number of aliphatic hydroxyl groups excluding tert-OH is 1. The van der Waals surface area contributed by atoms with Crippen LogP contribution in [0.3, 0.4) is 0 Å². The van der Waals surface area contributed by atoms with Gasteiger partial charge in [-0.05, 0) is 36.5 Å². The van der Waals surface area contributed by atoms with Crippen LogP contribution in [-0.4, -0.2) is 32.9 Å². The molecule has 4 aromatic rings. The van der Waals surface area contributed by atoms with Crippen molar-refractivity contribution in [1.29, 1.82) is 0 Å². The van der Waals surface area contributed by atoms with Crippen molar-refractivity contribution in [1.82, 2.24) is 14.7 Å². The van der Waals surface area contributed by atoms with Gasteiger partial charge in [0, 0.05) is 32.2 Å². The van der Waals surface area contributed by atoms with Crippen molar-refractivity contribution < 1.29 is 14.2 Å². The van der Waals surface area contributed by atoms with Gasteiger partial charge in [0.15, 0.2) is 11.6 Å². The lowest BCUT2D eigenvalue weighted by molar-refractivity contribution is 0.106. The number of ether oxygens (including phenoxy) is 1. The van der Waals surface area contributed by atoms with Crippen molar-refractivity contribution in [3.05, 3.63) is 102 Å². The van der Waals surface area contributed by atoms with Crippen molar-refractivity contribution in [2.75, 3.05) is 13.1 Å². The molecule has 1 N–H and O–H groups in total. The average molecular weight is 472 g/mol. The minimum absolute atomic E-state index is 0.162. The number of benzene rings is 3. The number of para-hydroxylation sites is 1. The van der Waals surface area contributed by atoms with E-state index in [0.717, 1.165) is 28.9 Å². The highest BCUT2D eigenvalue weighted by molar-refractivity contribution is 5.65. The first-order chi connectivity index (χ1) is 17.1. The molecule has 1 atom stereocenters. The van der Waals surface area contributed by atoms with Crippen LogP contribution in [0.1, 0.15) is 30.1 Å². The maximum Gasteiger partial charge on any atom is 0.222 e. The quantitative estimate of drug-likeness (QED) is 0.310. The second kappa shape index (κ2) is 10.4. The van der Waals surface area contributed by atoms with Crippen molar-refractivity contribution in [2.24, 2.45) is 13.0 Å². The van der Waals surface area contributed by atoms with E-state index in [1.165, 1.54) is 18.9 Å². The molecular weight excluding hydrogens is 441 g/mol. The minimum Gasteiger partial charge on any atom is -0.436 e. The van der Waals surface area contributed by atoms with Crippen LogP contribution >= 0.6 is 0 Å². The molecule has 1 saturated carbocycles. The van der Waals surface area contributed by atoms with E-state index in [0.29, 0.717) is 24.9 Å². The maximum absolute atomic E-state index is 14.5. The molecule has 1 unspecified atom stereocenters. The first-order valence-electron chi connectivity index (χ1n) is 12.1. The summed E-state index contributed by atoms with van der Waals surface area (Å²) in [7, 11) is 1.82. The molecule has 0 amide bonds. The summed E-state index contributed by atoms with van der Waals surface area (Å²) in [5, 5.41) is 15.8. The van der Waals surface area contributed by atoms with Gasteiger partial charge in [-0.2, -0.15) is 5.10 Å². The maximum atomic E-state index is 14.5. The highest BCUT2D eigenvalue weighted by atomic mass is 19.1. The summed E-state index contributed by atoms with van der Waals surface area (Å²) in [6, 6.07) is 26.1. The summed E-state index contributed by atoms with van der Waals surface area (Å²) in [4.78, 5) is 2.27. The number of aliphatic hydroxyl groups is 1. The second-order valence-electron chi connectivity index (χ2n) is 9.22. The van der Waals surface area contributed by atoms with Crippen molar-refractivity contribution >= 4 is 0 Å². The van der Waals surface area contributed by atoms with Crippen LogP contribution in [0, 0.1) is 11.7 Å². The molecule has 0 aliphatic heterocycles. The molecule has 180 valence electrons. The van der Waals surface area contributed by atoms with Crippen LogP contribution < -0.4 is 4.74 Å². The van der Waals surface area contributed by atoms with Crippen LogP contribution in [0.5, 0.6) is 11.6 Å². The fraction of sp³-hybridized carbons (Fsp3) is 0.276. The Bertz CT molecular complexity index is 1260. The Labute approximate surface area is 205 Å². The van der Waals surface area contributed by atoms with Gasteiger partial charge in [0.1, 0.15) is 5.69 Å². The zero-order valence-corrected chi connectivity index (χ0v) is 19.8. The summed E-state index contributed by atoms with van der Waals surface area (Å²) >= 11 is 0. The number of aromatic nitrogens is 2. The Morgan fingerprint density at radius 3 is 2.34 bits per heavy atom. The molecule has 3 aromatic carbocycles. The van der Waals surface area contributed by atoms with Crippen molar-refractivity contribution in [3.8, 4) is 22.9 Å². The zero-order chi connectivity index (χ0) is 24.2. The molecule has 5 nitrogen and oxygen atoms in total. The summed E-state index contributed by atoms with van der Waals surface area (Å²) < 4.78 is 22.3. The third kappa shape index (κ3) is 5.61. The Hall–Kier alpha value is -3.48. The van der Waals surface area contributed by atoms with Gasteiger partial charge < -0.3 is 9.84 Å². The lowest BCUT2D eigenvalue weighted by Gasteiger charge is -2.26. The molecule has 1 aliphatic rings. The van der Waals surface area contributed by atoms with Gasteiger partial charge in [-0.25, -0.2) is 9.07 Å². The summed E-state index contributed by atoms with van der Waals surface area (Å²) in [5.41, 5.74) is 3.54. The van der Waals surface area contributed by atoms with Crippen LogP contribution in [0.15, 0.2) is 84.9 Å². The number of hydrogen-bond acceptors (Lipinski definition) is 4. The molecule has 5 rings (SSSR count). The Morgan fingerprint density at radius 2 is 1.66 bits per heavy atom. The molecule has 0 saturated heterocycles. The fourth-order valence-electron chi connectivity index (χ4n) is 4.40. The third-order valence-corrected chi connectivity index (χ3v) is 6.39. The monoisotopic (exact) mass is 471 g/mol. The van der Waals surface area contributed by atoms with Gasteiger partial charge in [-0.3, -0.25) is 4.90 Å². The zero-order valence-electron chi connectivity index (χ0n) is 19.8. The molecule has 1 aromatic heterocycles. The molecule has 6 heteroatoms. The first kappa shape index (κ1) is 23.3. The van der Waals surface area contributed by atoms with E-state index in [1.54, 1.807) is 22.9 Å². The summed E-state index contributed by atoms with van der Waals surface area (Å²) in [5.74, 6) is 0.874. The van der Waals surface area contributed by atoms with Crippen LogP contribution in [-0.2, 0) is 13.6 Å². The standard InChI is InChI=1S/C29H30FN3O2/c1-32-29(35-27-15-9-8-14-25(27)30)24(28(31-32)23-12-6-3-7-13-23)19-33(18-21-16-17-21)20-26(34)22-10-4-2-5-11-22/h2-15,21,26,34H,16-20H2,1H3. The Balaban J connectivity index is 1.50. The molecule has 0 spiro atoms. The Kier molecular flexibility index (Phi) is 6.93. The van der Waals surface area contributed by atoms with E-state index in [-0.39, 0.29) is 5.75 Å². The van der Waals surface area contributed by atoms with Gasteiger partial charge >= 0.3 is 0 Å². The molecule has 0 radical (unpaired) electrons. The van der Waals surface area contributed by atoms with E-state index in [9.17, 15) is 9.50 Å². The van der Waals surface area contributed by atoms with Gasteiger partial charge in [-0.15, -0.1) is 0 Å². The fourth-order valence-corrected chi connectivity index (χ4v) is 4.40. The highest BCUT2D eigenvalue weighted by Crippen LogP contribution is 2.37. The van der Waals surface area contributed by atoms with Crippen LogP contribution in [0.2, 0.25) is 0 Å². The number of halogens is 1. The summed E-state index contributed by atoms with van der Waals surface area (Å²) in [6.45, 7) is 1.90. The van der Waals surface area contributed by atoms with Gasteiger partial charge in [0.25, 0.3) is 0 Å². The van der Waals surface area contributed by atoms with Crippen molar-refractivity contribution in [3.63, 3.8) is 0 Å². The first-order valence-corrected chi connectivity index (χ1v) is 12.1. The van der Waals surface area contributed by atoms with Crippen LogP contribution in [0.4, 0.5) is 4.39 Å². The average Bonchev–Trinajstić information content (AvgIpc) is 3.65. The normalized spacial score (nSPS) is 14.3. The topological polar surface area (TPSA) is 50.5 Å². The van der Waals surface area contributed by atoms with E-state index in [4.69, 9.17) is 9.84 Å². The smallest absolute Gasteiger partial charge is 0.222 e. The predicted molar refractivity (Wildman–Crippen MR) is 135 cm³/mol. The SMILES string of the molecule is Cn1nc(-c2ccccc2)c(CN(CC2CC2)CC(O)c2ccccc2)c1Oc1ccccc1F.